The number of esters is 1. The molecule has 1 N–H and O–H groups in total. The monoisotopic (exact) mass is 525 g/mol. The molecule has 0 saturated carbocycles. The van der Waals surface area contributed by atoms with E-state index in [1.807, 2.05) is 48.5 Å². The molecule has 0 saturated heterocycles. The number of benzene rings is 3. The number of ketones is 1. The van der Waals surface area contributed by atoms with E-state index in [1.54, 1.807) is 13.2 Å². The Morgan fingerprint density at radius 2 is 1.69 bits per heavy atom. The second kappa shape index (κ2) is 14.2. The molecule has 4 rings (SSSR count). The fourth-order valence-electron chi connectivity index (χ4n) is 4.62. The van der Waals surface area contributed by atoms with E-state index < -0.39 is 6.61 Å². The first kappa shape index (κ1) is 28.0. The summed E-state index contributed by atoms with van der Waals surface area (Å²) in [7, 11) is 1.61. The third-order valence-electron chi connectivity index (χ3n) is 6.81. The average molecular weight is 526 g/mol. The first-order chi connectivity index (χ1) is 19.0. The number of methoxy groups -OCH3 is 1. The maximum absolute atomic E-state index is 12.5. The molecule has 3 aromatic carbocycles. The summed E-state index contributed by atoms with van der Waals surface area (Å²) >= 11 is 0. The van der Waals surface area contributed by atoms with Crippen LogP contribution in [0.3, 0.4) is 0 Å². The second-order valence-electron chi connectivity index (χ2n) is 9.56. The smallest absolute Gasteiger partial charge is 0.310 e. The molecule has 3 aromatic rings. The lowest BCUT2D eigenvalue weighted by Gasteiger charge is -2.23. The number of nitrogens with zero attached hydrogens (tertiary/aromatic N) is 1. The summed E-state index contributed by atoms with van der Waals surface area (Å²) in [4.78, 5) is 26.1. The molecular weight excluding hydrogens is 490 g/mol. The molecule has 0 atom stereocenters. The van der Waals surface area contributed by atoms with E-state index in [0.717, 1.165) is 41.8 Å². The van der Waals surface area contributed by atoms with Crippen LogP contribution in [0, 0.1) is 0 Å². The van der Waals surface area contributed by atoms with E-state index in [9.17, 15) is 9.59 Å². The van der Waals surface area contributed by atoms with Crippen molar-refractivity contribution in [2.24, 2.45) is 0 Å². The van der Waals surface area contributed by atoms with Crippen molar-refractivity contribution >= 4 is 23.4 Å². The first-order valence-corrected chi connectivity index (χ1v) is 13.2. The molecule has 39 heavy (non-hydrogen) atoms. The van der Waals surface area contributed by atoms with Crippen LogP contribution in [0.2, 0.25) is 0 Å². The van der Waals surface area contributed by atoms with Crippen molar-refractivity contribution in [1.29, 1.82) is 0 Å². The number of carbonyl (C=O) groups excluding carboxylic acids is 2. The first-order valence-electron chi connectivity index (χ1n) is 13.2. The maximum atomic E-state index is 12.5. The van der Waals surface area contributed by atoms with Crippen molar-refractivity contribution in [1.82, 2.24) is 4.90 Å². The van der Waals surface area contributed by atoms with E-state index in [2.05, 4.69) is 35.2 Å². The molecule has 6 heteroatoms. The molecule has 0 heterocycles. The minimum absolute atomic E-state index is 0.224. The van der Waals surface area contributed by atoms with Crippen molar-refractivity contribution in [3.05, 3.63) is 113 Å². The van der Waals surface area contributed by atoms with Gasteiger partial charge in [-0.25, -0.2) is 0 Å². The van der Waals surface area contributed by atoms with Crippen molar-refractivity contribution in [3.63, 3.8) is 0 Å². The highest BCUT2D eigenvalue weighted by Crippen LogP contribution is 2.29. The van der Waals surface area contributed by atoms with Gasteiger partial charge < -0.3 is 14.6 Å². The van der Waals surface area contributed by atoms with Gasteiger partial charge >= 0.3 is 5.97 Å². The van der Waals surface area contributed by atoms with Gasteiger partial charge in [-0.3, -0.25) is 14.5 Å². The lowest BCUT2D eigenvalue weighted by molar-refractivity contribution is -0.143. The number of ether oxygens (including phenoxy) is 2. The fourth-order valence-corrected chi connectivity index (χ4v) is 4.62. The summed E-state index contributed by atoms with van der Waals surface area (Å²) < 4.78 is 10.8. The number of aliphatic hydroxyl groups excluding tert-OH is 1. The van der Waals surface area contributed by atoms with E-state index in [-0.39, 0.29) is 18.2 Å². The Labute approximate surface area is 230 Å². The number of allylic oxidation sites excluding steroid dienone is 1. The minimum atomic E-state index is -0.491. The lowest BCUT2D eigenvalue weighted by Crippen LogP contribution is -2.29. The molecule has 0 aromatic heterocycles. The van der Waals surface area contributed by atoms with Crippen molar-refractivity contribution in [2.75, 3.05) is 33.4 Å². The standard InChI is InChI=1S/C33H35NO5/c1-38-31-16-11-26(12-17-31)22-33(37)39-21-20-34(19-18-29-14-13-28-4-2-3-5-32(28)29)23-27-8-6-25(7-9-27)10-15-30(36)24-35/h2-12,14-17,35H,13,18-24H2,1H3/b15-10+. The minimum Gasteiger partial charge on any atom is -0.497 e. The number of hydrogen-bond acceptors (Lipinski definition) is 6. The van der Waals surface area contributed by atoms with Crippen LogP contribution in [0.1, 0.15) is 34.2 Å². The predicted octanol–water partition coefficient (Wildman–Crippen LogP) is 4.89. The Kier molecular flexibility index (Phi) is 10.2. The average Bonchev–Trinajstić information content (AvgIpc) is 3.38. The molecule has 0 radical (unpaired) electrons. The van der Waals surface area contributed by atoms with Crippen LogP contribution >= 0.6 is 0 Å². The lowest BCUT2D eigenvalue weighted by atomic mass is 10.0. The van der Waals surface area contributed by atoms with Crippen molar-refractivity contribution in [2.45, 2.75) is 25.8 Å². The third kappa shape index (κ3) is 8.50. The number of aliphatic hydroxyl groups is 1. The number of rotatable bonds is 14. The summed E-state index contributed by atoms with van der Waals surface area (Å²) in [5, 5.41) is 8.89. The van der Waals surface area contributed by atoms with Crippen LogP contribution in [0.5, 0.6) is 5.75 Å². The van der Waals surface area contributed by atoms with Crippen LogP contribution in [0.15, 0.2) is 84.9 Å². The molecule has 0 amide bonds. The summed E-state index contributed by atoms with van der Waals surface area (Å²) in [5.74, 6) is 0.182. The van der Waals surface area contributed by atoms with Crippen molar-refractivity contribution in [3.8, 4) is 5.75 Å². The fraction of sp³-hybridized carbons (Fsp3) is 0.273. The highest BCUT2D eigenvalue weighted by atomic mass is 16.5. The van der Waals surface area contributed by atoms with Gasteiger partial charge in [0.1, 0.15) is 19.0 Å². The second-order valence-corrected chi connectivity index (χ2v) is 9.56. The van der Waals surface area contributed by atoms with Crippen LogP contribution in [-0.2, 0) is 33.7 Å². The zero-order chi connectivity index (χ0) is 27.5. The molecule has 0 bridgehead atoms. The molecule has 0 fully saturated rings. The molecule has 1 aliphatic rings. The van der Waals surface area contributed by atoms with Crippen molar-refractivity contribution < 1.29 is 24.2 Å². The predicted molar refractivity (Wildman–Crippen MR) is 153 cm³/mol. The Hall–Kier alpha value is -4.00. The third-order valence-corrected chi connectivity index (χ3v) is 6.81. The molecule has 1 aliphatic carbocycles. The molecule has 0 aliphatic heterocycles. The zero-order valence-electron chi connectivity index (χ0n) is 22.3. The Bertz CT molecular complexity index is 1310. The van der Waals surface area contributed by atoms with Crippen LogP contribution < -0.4 is 4.74 Å². The van der Waals surface area contributed by atoms with E-state index in [4.69, 9.17) is 14.6 Å². The van der Waals surface area contributed by atoms with Gasteiger partial charge in [-0.2, -0.15) is 0 Å². The normalized spacial score (nSPS) is 12.4. The van der Waals surface area contributed by atoms with Gasteiger partial charge in [0.25, 0.3) is 0 Å². The van der Waals surface area contributed by atoms with Gasteiger partial charge in [0, 0.05) is 19.6 Å². The summed E-state index contributed by atoms with van der Waals surface area (Å²) in [5.41, 5.74) is 6.98. The Morgan fingerprint density at radius 3 is 2.44 bits per heavy atom. The molecule has 6 nitrogen and oxygen atoms in total. The van der Waals surface area contributed by atoms with Gasteiger partial charge in [0.15, 0.2) is 5.78 Å². The number of fused-ring (bicyclic) bond motifs is 1. The number of carbonyl (C=O) groups is 2. The van der Waals surface area contributed by atoms with Crippen LogP contribution in [0.4, 0.5) is 0 Å². The zero-order valence-corrected chi connectivity index (χ0v) is 22.3. The van der Waals surface area contributed by atoms with E-state index in [0.29, 0.717) is 19.7 Å². The van der Waals surface area contributed by atoms with Crippen LogP contribution in [-0.4, -0.2) is 55.2 Å². The van der Waals surface area contributed by atoms with Gasteiger partial charge in [-0.1, -0.05) is 72.8 Å². The Morgan fingerprint density at radius 1 is 0.949 bits per heavy atom. The summed E-state index contributed by atoms with van der Waals surface area (Å²) in [6.45, 7) is 1.99. The quantitative estimate of drug-likeness (QED) is 0.239. The topological polar surface area (TPSA) is 76.1 Å². The largest absolute Gasteiger partial charge is 0.497 e. The SMILES string of the molecule is COc1ccc(CC(=O)OCCN(CCC2=CCc3ccccc32)Cc2ccc(/C=C/C(=O)CO)cc2)cc1. The highest BCUT2D eigenvalue weighted by Gasteiger charge is 2.15. The summed E-state index contributed by atoms with van der Waals surface area (Å²) in [6.07, 6.45) is 7.51. The molecule has 0 unspecified atom stereocenters. The van der Waals surface area contributed by atoms with E-state index in [1.165, 1.54) is 22.8 Å². The van der Waals surface area contributed by atoms with E-state index >= 15 is 0 Å². The number of hydrogen-bond donors (Lipinski definition) is 1. The van der Waals surface area contributed by atoms with Gasteiger partial charge in [0.2, 0.25) is 0 Å². The van der Waals surface area contributed by atoms with Crippen LogP contribution in [0.25, 0.3) is 11.6 Å². The highest BCUT2D eigenvalue weighted by molar-refractivity contribution is 5.94. The maximum Gasteiger partial charge on any atom is 0.310 e. The molecular formula is C33H35NO5. The summed E-state index contributed by atoms with van der Waals surface area (Å²) in [6, 6.07) is 24.0. The van der Waals surface area contributed by atoms with Gasteiger partial charge in [0.05, 0.1) is 13.5 Å². The van der Waals surface area contributed by atoms with Gasteiger partial charge in [-0.05, 0) is 64.4 Å². The Balaban J connectivity index is 1.35. The molecule has 0 spiro atoms. The van der Waals surface area contributed by atoms with Gasteiger partial charge in [-0.15, -0.1) is 0 Å². The molecule has 202 valence electrons.